The van der Waals surface area contributed by atoms with E-state index < -0.39 is 23.3 Å². The summed E-state index contributed by atoms with van der Waals surface area (Å²) in [4.78, 5) is 33.8. The lowest BCUT2D eigenvalue weighted by Crippen LogP contribution is -2.25. The molecule has 13 heteroatoms. The molecule has 0 spiro atoms. The van der Waals surface area contributed by atoms with Crippen molar-refractivity contribution in [3.8, 4) is 28.3 Å². The number of esters is 1. The molecule has 0 atom stereocenters. The molecule has 44 heavy (non-hydrogen) atoms. The highest BCUT2D eigenvalue weighted by Crippen LogP contribution is 2.31. The van der Waals surface area contributed by atoms with Crippen molar-refractivity contribution < 1.29 is 24.6 Å². The van der Waals surface area contributed by atoms with Gasteiger partial charge in [0.2, 0.25) is 5.82 Å². The van der Waals surface area contributed by atoms with Gasteiger partial charge in [-0.3, -0.25) is 0 Å². The first-order valence-corrected chi connectivity index (χ1v) is 14.0. The number of carbonyl (C=O) groups is 1. The van der Waals surface area contributed by atoms with Crippen molar-refractivity contribution in [1.29, 1.82) is 0 Å². The molecule has 0 saturated carbocycles. The second-order valence-corrected chi connectivity index (χ2v) is 10.6. The minimum atomic E-state index is -1.46. The number of hydrogen-bond donors (Lipinski definition) is 2. The van der Waals surface area contributed by atoms with Crippen LogP contribution in [0.2, 0.25) is 0 Å². The predicted molar refractivity (Wildman–Crippen MR) is 159 cm³/mol. The molecule has 2 aromatic heterocycles. The van der Waals surface area contributed by atoms with Gasteiger partial charge < -0.3 is 19.2 Å². The Kier molecular flexibility index (Phi) is 8.76. The number of tetrazole rings is 1. The fourth-order valence-corrected chi connectivity index (χ4v) is 4.89. The number of para-hydroxylation sites is 1. The fraction of sp³-hybridized carbons (Fsp3) is 0.258. The minimum Gasteiger partial charge on any atom is -0.421 e. The number of carbonyl (C=O) groups excluding carboxylic acids is 1. The van der Waals surface area contributed by atoms with Crippen LogP contribution in [0, 0.1) is 10.1 Å². The van der Waals surface area contributed by atoms with Crippen LogP contribution >= 0.6 is 0 Å². The second-order valence-electron chi connectivity index (χ2n) is 10.6. The van der Waals surface area contributed by atoms with Crippen LogP contribution in [0.4, 0.5) is 0 Å². The first-order valence-electron chi connectivity index (χ1n) is 14.0. The highest BCUT2D eigenvalue weighted by atomic mass is 16.9. The van der Waals surface area contributed by atoms with E-state index in [2.05, 4.69) is 25.5 Å². The van der Waals surface area contributed by atoms with Crippen molar-refractivity contribution in [3.05, 3.63) is 111 Å². The van der Waals surface area contributed by atoms with Crippen LogP contribution in [0.1, 0.15) is 60.3 Å². The molecule has 0 fully saturated rings. The van der Waals surface area contributed by atoms with E-state index in [-0.39, 0.29) is 23.7 Å². The fourth-order valence-electron chi connectivity index (χ4n) is 4.89. The molecular weight excluding hydrogens is 566 g/mol. The largest absolute Gasteiger partial charge is 0.421 e. The van der Waals surface area contributed by atoms with Crippen LogP contribution in [0.25, 0.3) is 22.5 Å². The minimum absolute atomic E-state index is 0.0949. The van der Waals surface area contributed by atoms with Gasteiger partial charge in [0.15, 0.2) is 5.69 Å². The summed E-state index contributed by atoms with van der Waals surface area (Å²) in [6.45, 7) is 5.00. The van der Waals surface area contributed by atoms with Crippen LogP contribution in [-0.2, 0) is 30.0 Å². The third-order valence-corrected chi connectivity index (χ3v) is 6.91. The molecule has 2 N–H and O–H groups in total. The number of nitrogens with one attached hydrogen (secondary N) is 1. The number of imidazole rings is 1. The van der Waals surface area contributed by atoms with Crippen molar-refractivity contribution >= 4 is 5.97 Å². The molecule has 0 aliphatic carbocycles. The first kappa shape index (κ1) is 30.0. The SMILES string of the molecule is CCCc1nc(C(C)(C)O)c(C(=O)Oc2ccccc2CO[N+](=O)[O-])n1Cc1ccc(-c2ccccc2-c2nn[nH]n2)cc1. The zero-order valence-electron chi connectivity index (χ0n) is 24.4. The maximum Gasteiger partial charge on any atom is 0.362 e. The molecule has 0 saturated heterocycles. The smallest absolute Gasteiger partial charge is 0.362 e. The lowest BCUT2D eigenvalue weighted by Gasteiger charge is -2.18. The van der Waals surface area contributed by atoms with E-state index >= 15 is 0 Å². The lowest BCUT2D eigenvalue weighted by molar-refractivity contribution is -0.763. The number of H-pyrrole nitrogens is 1. The van der Waals surface area contributed by atoms with Gasteiger partial charge in [-0.25, -0.2) is 9.78 Å². The quantitative estimate of drug-likeness (QED) is 0.0873. The van der Waals surface area contributed by atoms with Gasteiger partial charge >= 0.3 is 5.97 Å². The molecule has 0 aliphatic rings. The molecule has 226 valence electrons. The van der Waals surface area contributed by atoms with Crippen LogP contribution in [0.3, 0.4) is 0 Å². The molecular formula is C31H31N7O6. The maximum atomic E-state index is 13.8. The Hall–Kier alpha value is -5.43. The highest BCUT2D eigenvalue weighted by molar-refractivity contribution is 5.91. The van der Waals surface area contributed by atoms with Crippen molar-refractivity contribution in [2.24, 2.45) is 0 Å². The molecule has 0 aliphatic heterocycles. The summed E-state index contributed by atoms with van der Waals surface area (Å²) in [7, 11) is 0. The zero-order chi connectivity index (χ0) is 31.3. The number of aromatic nitrogens is 6. The van der Waals surface area contributed by atoms with E-state index in [1.54, 1.807) is 36.6 Å². The van der Waals surface area contributed by atoms with Crippen LogP contribution in [-0.4, -0.2) is 46.3 Å². The van der Waals surface area contributed by atoms with E-state index in [0.29, 0.717) is 23.6 Å². The molecule has 0 radical (unpaired) electrons. The Labute approximate surface area is 252 Å². The Bertz CT molecular complexity index is 1760. The average Bonchev–Trinajstić information content (AvgIpc) is 3.66. The van der Waals surface area contributed by atoms with Crippen LogP contribution in [0.5, 0.6) is 5.75 Å². The summed E-state index contributed by atoms with van der Waals surface area (Å²) in [6, 6.07) is 22.0. The summed E-state index contributed by atoms with van der Waals surface area (Å²) < 4.78 is 7.52. The number of nitrogens with zero attached hydrogens (tertiary/aromatic N) is 6. The molecule has 0 unspecified atom stereocenters. The van der Waals surface area contributed by atoms with Gasteiger partial charge in [0.1, 0.15) is 29.5 Å². The van der Waals surface area contributed by atoms with E-state index in [4.69, 9.17) is 9.72 Å². The Morgan fingerprint density at radius 3 is 2.41 bits per heavy atom. The van der Waals surface area contributed by atoms with E-state index in [0.717, 1.165) is 28.7 Å². The summed E-state index contributed by atoms with van der Waals surface area (Å²) in [6.07, 6.45) is 1.31. The van der Waals surface area contributed by atoms with Gasteiger partial charge in [0.25, 0.3) is 5.09 Å². The first-order chi connectivity index (χ1) is 21.2. The molecule has 5 aromatic rings. The maximum absolute atomic E-state index is 13.8. The molecule has 0 amide bonds. The topological polar surface area (TPSA) is 171 Å². The van der Waals surface area contributed by atoms with Gasteiger partial charge in [-0.05, 0) is 48.2 Å². The predicted octanol–water partition coefficient (Wildman–Crippen LogP) is 4.89. The number of aryl methyl sites for hydroxylation is 1. The van der Waals surface area contributed by atoms with Gasteiger partial charge in [0.05, 0.1) is 0 Å². The van der Waals surface area contributed by atoms with Crippen molar-refractivity contribution in [3.63, 3.8) is 0 Å². The number of rotatable bonds is 12. The number of hydrogen-bond acceptors (Lipinski definition) is 10. The van der Waals surface area contributed by atoms with Gasteiger partial charge in [-0.15, -0.1) is 20.3 Å². The monoisotopic (exact) mass is 597 g/mol. The third-order valence-electron chi connectivity index (χ3n) is 6.91. The Morgan fingerprint density at radius 2 is 1.75 bits per heavy atom. The molecule has 5 rings (SSSR count). The number of ether oxygens (including phenoxy) is 1. The zero-order valence-corrected chi connectivity index (χ0v) is 24.4. The summed E-state index contributed by atoms with van der Waals surface area (Å²) in [5.41, 5.74) is 2.72. The van der Waals surface area contributed by atoms with Crippen molar-refractivity contribution in [2.75, 3.05) is 0 Å². The van der Waals surface area contributed by atoms with E-state index in [1.165, 1.54) is 6.07 Å². The standard InChI is InChI=1S/C31H31N7O6/c1-4-9-26-32-28(31(2,3)40)27(30(39)44-25-13-8-5-10-22(25)19-43-38(41)42)37(26)18-20-14-16-21(17-15-20)23-11-6-7-12-24(23)29-33-35-36-34-29/h5-8,10-17,40H,4,9,18-19H2,1-3H3,(H,33,34,35,36). The number of benzene rings is 3. The lowest BCUT2D eigenvalue weighted by atomic mass is 9.98. The van der Waals surface area contributed by atoms with Gasteiger partial charge in [0, 0.05) is 24.1 Å². The highest BCUT2D eigenvalue weighted by Gasteiger charge is 2.33. The van der Waals surface area contributed by atoms with E-state index in [9.17, 15) is 20.0 Å². The van der Waals surface area contributed by atoms with Crippen LogP contribution in [0.15, 0.2) is 72.8 Å². The van der Waals surface area contributed by atoms with E-state index in [1.807, 2.05) is 55.5 Å². The van der Waals surface area contributed by atoms with Crippen molar-refractivity contribution in [1.82, 2.24) is 30.2 Å². The number of aromatic amines is 1. The average molecular weight is 598 g/mol. The van der Waals surface area contributed by atoms with Gasteiger partial charge in [-0.2, -0.15) is 5.21 Å². The number of aliphatic hydroxyl groups is 1. The normalized spacial score (nSPS) is 11.4. The molecule has 0 bridgehead atoms. The Balaban J connectivity index is 1.50. The molecule has 13 nitrogen and oxygen atoms in total. The van der Waals surface area contributed by atoms with Crippen molar-refractivity contribution in [2.45, 2.75) is 52.4 Å². The molecule has 2 heterocycles. The Morgan fingerprint density at radius 1 is 1.05 bits per heavy atom. The third kappa shape index (κ3) is 6.63. The summed E-state index contributed by atoms with van der Waals surface area (Å²) >= 11 is 0. The van der Waals surface area contributed by atoms with Crippen LogP contribution < -0.4 is 4.74 Å². The second kappa shape index (κ2) is 12.8. The summed E-state index contributed by atoms with van der Waals surface area (Å²) in [5.74, 6) is 0.459. The summed E-state index contributed by atoms with van der Waals surface area (Å²) in [5, 5.41) is 35.3. The molecule has 3 aromatic carbocycles. The van der Waals surface area contributed by atoms with Gasteiger partial charge in [-0.1, -0.05) is 73.7 Å².